The zero-order chi connectivity index (χ0) is 23.8. The second-order valence-electron chi connectivity index (χ2n) is 7.27. The lowest BCUT2D eigenvalue weighted by atomic mass is 10.0. The number of pyridine rings is 1. The smallest absolute Gasteiger partial charge is 0.268 e. The molecule has 3 rings (SSSR count). The van der Waals surface area contributed by atoms with Crippen LogP contribution in [0.15, 0.2) is 36.5 Å². The lowest BCUT2D eigenvalue weighted by Gasteiger charge is -2.19. The van der Waals surface area contributed by atoms with Gasteiger partial charge in [0.1, 0.15) is 29.0 Å². The zero-order valence-corrected chi connectivity index (χ0v) is 18.6. The van der Waals surface area contributed by atoms with Gasteiger partial charge in [-0.1, -0.05) is 17.7 Å². The van der Waals surface area contributed by atoms with Gasteiger partial charge in [-0.3, -0.25) is 9.59 Å². The summed E-state index contributed by atoms with van der Waals surface area (Å²) in [5.41, 5.74) is 0.718. The van der Waals surface area contributed by atoms with Crippen molar-refractivity contribution < 1.29 is 23.1 Å². The van der Waals surface area contributed by atoms with E-state index in [1.807, 2.05) is 0 Å². The van der Waals surface area contributed by atoms with E-state index >= 15 is 0 Å². The van der Waals surface area contributed by atoms with E-state index in [4.69, 9.17) is 16.3 Å². The van der Waals surface area contributed by atoms with Crippen molar-refractivity contribution in [3.8, 4) is 0 Å². The van der Waals surface area contributed by atoms with Crippen LogP contribution < -0.4 is 16.0 Å². The fourth-order valence-corrected chi connectivity index (χ4v) is 3.33. The summed E-state index contributed by atoms with van der Waals surface area (Å²) in [4.78, 5) is 32.6. The molecule has 1 aromatic carbocycles. The van der Waals surface area contributed by atoms with E-state index in [1.54, 1.807) is 19.2 Å². The minimum atomic E-state index is -1.10. The Labute approximate surface area is 194 Å². The summed E-state index contributed by atoms with van der Waals surface area (Å²) in [6.45, 7) is 1.91. The first kappa shape index (κ1) is 24.6. The van der Waals surface area contributed by atoms with Crippen molar-refractivity contribution in [3.63, 3.8) is 0 Å². The molecule has 0 radical (unpaired) electrons. The topological polar surface area (TPSA) is 108 Å². The second-order valence-corrected chi connectivity index (χ2v) is 7.71. The Kier molecular flexibility index (Phi) is 8.70. The van der Waals surface area contributed by atoms with Gasteiger partial charge in [0, 0.05) is 50.8 Å². The predicted molar refractivity (Wildman–Crippen MR) is 120 cm³/mol. The van der Waals surface area contributed by atoms with Crippen LogP contribution in [0.5, 0.6) is 0 Å². The molecule has 3 aromatic rings. The fourth-order valence-electron chi connectivity index (χ4n) is 3.16. The predicted octanol–water partition coefficient (Wildman–Crippen LogP) is 2.19. The van der Waals surface area contributed by atoms with E-state index in [9.17, 15) is 18.4 Å². The molecule has 0 fully saturated rings. The second kappa shape index (κ2) is 11.7. The van der Waals surface area contributed by atoms with Gasteiger partial charge in [-0.25, -0.2) is 13.8 Å². The number of rotatable bonds is 11. The van der Waals surface area contributed by atoms with Gasteiger partial charge in [0.25, 0.3) is 5.91 Å². The molecular formula is C22H24ClF2N5O3. The van der Waals surface area contributed by atoms with E-state index in [2.05, 4.69) is 25.9 Å². The van der Waals surface area contributed by atoms with Crippen molar-refractivity contribution in [2.75, 3.05) is 33.4 Å². The van der Waals surface area contributed by atoms with Crippen molar-refractivity contribution in [1.29, 1.82) is 0 Å². The number of benzene rings is 1. The number of hydrogen-bond acceptors (Lipinski definition) is 5. The third-order valence-electron chi connectivity index (χ3n) is 4.83. The molecule has 2 amide bonds. The molecule has 0 aliphatic heterocycles. The van der Waals surface area contributed by atoms with E-state index in [0.717, 1.165) is 12.1 Å². The largest absolute Gasteiger partial charge is 0.383 e. The number of carbonyl (C=O) groups is 2. The molecule has 2 heterocycles. The first-order chi connectivity index (χ1) is 15.9. The maximum atomic E-state index is 14.2. The minimum Gasteiger partial charge on any atom is -0.383 e. The molecular weight excluding hydrogens is 456 g/mol. The summed E-state index contributed by atoms with van der Waals surface area (Å²) < 4.78 is 32.4. The first-order valence-electron chi connectivity index (χ1n) is 10.2. The van der Waals surface area contributed by atoms with Gasteiger partial charge in [0.15, 0.2) is 0 Å². The Morgan fingerprint density at radius 3 is 2.76 bits per heavy atom. The van der Waals surface area contributed by atoms with Gasteiger partial charge in [0.2, 0.25) is 5.91 Å². The highest BCUT2D eigenvalue weighted by Gasteiger charge is 2.24. The molecule has 0 saturated carbocycles. The summed E-state index contributed by atoms with van der Waals surface area (Å²) in [5.74, 6) is -2.61. The van der Waals surface area contributed by atoms with E-state index in [1.165, 1.54) is 12.3 Å². The highest BCUT2D eigenvalue weighted by molar-refractivity contribution is 6.31. The molecule has 1 unspecified atom stereocenters. The Hall–Kier alpha value is -3.08. The van der Waals surface area contributed by atoms with Gasteiger partial charge >= 0.3 is 0 Å². The van der Waals surface area contributed by atoms with Crippen LogP contribution in [-0.4, -0.2) is 61.2 Å². The molecule has 0 bridgehead atoms. The van der Waals surface area contributed by atoms with Crippen molar-refractivity contribution in [3.05, 3.63) is 64.4 Å². The number of halogens is 3. The SMILES string of the molecule is COCCNCCNC(=O)C(Cc1ccc(F)cc1F)NC(=O)c1cc2cc(Cl)cnc2[nH]1. The van der Waals surface area contributed by atoms with E-state index in [0.29, 0.717) is 35.8 Å². The number of hydrogen-bond donors (Lipinski definition) is 4. The van der Waals surface area contributed by atoms with Crippen molar-refractivity contribution in [2.24, 2.45) is 0 Å². The molecule has 2 aromatic heterocycles. The van der Waals surface area contributed by atoms with Crippen LogP contribution in [0.1, 0.15) is 16.1 Å². The number of aromatic amines is 1. The molecule has 11 heteroatoms. The van der Waals surface area contributed by atoms with Gasteiger partial charge < -0.3 is 25.7 Å². The molecule has 0 spiro atoms. The Bertz CT molecular complexity index is 1120. The summed E-state index contributed by atoms with van der Waals surface area (Å²) >= 11 is 5.93. The molecule has 0 aliphatic carbocycles. The number of carbonyl (C=O) groups excluding carboxylic acids is 2. The molecule has 4 N–H and O–H groups in total. The van der Waals surface area contributed by atoms with Gasteiger partial charge in [-0.05, 0) is 23.8 Å². The summed E-state index contributed by atoms with van der Waals surface area (Å²) in [6, 6.07) is 5.18. The van der Waals surface area contributed by atoms with Crippen LogP contribution in [0.3, 0.4) is 0 Å². The summed E-state index contributed by atoms with van der Waals surface area (Å²) in [6.07, 6.45) is 1.28. The summed E-state index contributed by atoms with van der Waals surface area (Å²) in [7, 11) is 1.59. The Balaban J connectivity index is 1.71. The number of amides is 2. The Morgan fingerprint density at radius 2 is 2.00 bits per heavy atom. The minimum absolute atomic E-state index is 0.0974. The average Bonchev–Trinajstić information content (AvgIpc) is 3.20. The van der Waals surface area contributed by atoms with Crippen LogP contribution >= 0.6 is 11.6 Å². The molecule has 176 valence electrons. The maximum absolute atomic E-state index is 14.2. The number of ether oxygens (including phenoxy) is 1. The van der Waals surface area contributed by atoms with Crippen LogP contribution in [-0.2, 0) is 16.0 Å². The molecule has 0 aliphatic rings. The Morgan fingerprint density at radius 1 is 1.18 bits per heavy atom. The number of nitrogens with one attached hydrogen (secondary N) is 4. The maximum Gasteiger partial charge on any atom is 0.268 e. The lowest BCUT2D eigenvalue weighted by molar-refractivity contribution is -0.122. The van der Waals surface area contributed by atoms with Crippen LogP contribution in [0.2, 0.25) is 5.02 Å². The number of H-pyrrole nitrogens is 1. The zero-order valence-electron chi connectivity index (χ0n) is 17.9. The highest BCUT2D eigenvalue weighted by atomic mass is 35.5. The number of aromatic nitrogens is 2. The number of fused-ring (bicyclic) bond motifs is 1. The third-order valence-corrected chi connectivity index (χ3v) is 5.03. The van der Waals surface area contributed by atoms with Gasteiger partial charge in [0.05, 0.1) is 11.6 Å². The van der Waals surface area contributed by atoms with E-state index in [-0.39, 0.29) is 24.2 Å². The normalized spacial score (nSPS) is 12.0. The fraction of sp³-hybridized carbons (Fsp3) is 0.318. The third kappa shape index (κ3) is 6.95. The number of methoxy groups -OCH3 is 1. The molecule has 8 nitrogen and oxygen atoms in total. The molecule has 33 heavy (non-hydrogen) atoms. The van der Waals surface area contributed by atoms with Crippen LogP contribution in [0.4, 0.5) is 8.78 Å². The van der Waals surface area contributed by atoms with Gasteiger partial charge in [-0.15, -0.1) is 0 Å². The van der Waals surface area contributed by atoms with Crippen molar-refractivity contribution >= 4 is 34.4 Å². The molecule has 1 atom stereocenters. The monoisotopic (exact) mass is 479 g/mol. The standard InChI is InChI=1S/C22H24ClF2N5O3/c1-33-7-6-26-4-5-27-21(31)18(9-13-2-3-16(24)11-17(13)25)30-22(32)19-10-14-8-15(23)12-28-20(14)29-19/h2-3,8,10-12,18,26H,4-7,9H2,1H3,(H,27,31)(H,28,29)(H,30,32). The van der Waals surface area contributed by atoms with Crippen molar-refractivity contribution in [2.45, 2.75) is 12.5 Å². The van der Waals surface area contributed by atoms with Crippen LogP contribution in [0.25, 0.3) is 11.0 Å². The quantitative estimate of drug-likeness (QED) is 0.315. The van der Waals surface area contributed by atoms with E-state index < -0.39 is 29.5 Å². The number of nitrogens with zero attached hydrogens (tertiary/aromatic N) is 1. The summed E-state index contributed by atoms with van der Waals surface area (Å²) in [5, 5.41) is 9.44. The van der Waals surface area contributed by atoms with Gasteiger partial charge in [-0.2, -0.15) is 0 Å². The average molecular weight is 480 g/mol. The van der Waals surface area contributed by atoms with Crippen LogP contribution in [0, 0.1) is 11.6 Å². The lowest BCUT2D eigenvalue weighted by Crippen LogP contribution is -2.49. The van der Waals surface area contributed by atoms with Crippen molar-refractivity contribution in [1.82, 2.24) is 25.9 Å². The first-order valence-corrected chi connectivity index (χ1v) is 10.6. The highest BCUT2D eigenvalue weighted by Crippen LogP contribution is 2.18. The molecule has 0 saturated heterocycles.